The summed E-state index contributed by atoms with van der Waals surface area (Å²) in [7, 11) is -3.87. The van der Waals surface area contributed by atoms with Crippen LogP contribution in [0.3, 0.4) is 0 Å². The number of rotatable bonds is 6. The Hall–Kier alpha value is -3.22. The van der Waals surface area contributed by atoms with E-state index in [1.807, 2.05) is 74.9 Å². The molecule has 0 bridgehead atoms. The van der Waals surface area contributed by atoms with E-state index in [0.717, 1.165) is 33.3 Å². The molecule has 0 saturated heterocycles. The summed E-state index contributed by atoms with van der Waals surface area (Å²) in [5, 5.41) is 0.648. The summed E-state index contributed by atoms with van der Waals surface area (Å²) in [4.78, 5) is 13.6. The van der Waals surface area contributed by atoms with Crippen LogP contribution in [0.15, 0.2) is 76.6 Å². The molecule has 0 amide bonds. The number of aryl methyl sites for hydroxylation is 4. The Kier molecular flexibility index (Phi) is 6.23. The summed E-state index contributed by atoms with van der Waals surface area (Å²) in [5.74, 6) is 0. The molecule has 0 spiro atoms. The Balaban J connectivity index is 1.74. The van der Waals surface area contributed by atoms with Crippen molar-refractivity contribution in [1.29, 1.82) is 0 Å². The highest BCUT2D eigenvalue weighted by molar-refractivity contribution is 7.86. The Morgan fingerprint density at radius 2 is 1.36 bits per heavy atom. The average Bonchev–Trinajstić information content (AvgIpc) is 2.78. The second-order valence-corrected chi connectivity index (χ2v) is 10.1. The van der Waals surface area contributed by atoms with Gasteiger partial charge in [-0.2, -0.15) is 8.42 Å². The summed E-state index contributed by atoms with van der Waals surface area (Å²) in [6, 6.07) is 18.3. The Morgan fingerprint density at radius 1 is 0.788 bits per heavy atom. The van der Waals surface area contributed by atoms with Crippen LogP contribution in [0, 0.1) is 27.7 Å². The SMILES string of the molecule is Cc1ccc(-c2cn(CCOS(=O)(=O)c3ccc(C)cc3)c3c(C)ccc(C)c3c2=O)cc1. The van der Waals surface area contributed by atoms with Gasteiger partial charge in [0.05, 0.1) is 17.0 Å². The maximum atomic E-state index is 13.4. The van der Waals surface area contributed by atoms with Crippen molar-refractivity contribution < 1.29 is 12.6 Å². The molecular weight excluding hydrogens is 434 g/mol. The maximum absolute atomic E-state index is 13.4. The van der Waals surface area contributed by atoms with Gasteiger partial charge in [0.1, 0.15) is 0 Å². The third-order valence-corrected chi connectivity index (χ3v) is 7.20. The van der Waals surface area contributed by atoms with E-state index in [1.165, 1.54) is 0 Å². The van der Waals surface area contributed by atoms with Gasteiger partial charge in [0.2, 0.25) is 0 Å². The molecule has 33 heavy (non-hydrogen) atoms. The minimum Gasteiger partial charge on any atom is -0.344 e. The van der Waals surface area contributed by atoms with Gasteiger partial charge in [0, 0.05) is 23.7 Å². The van der Waals surface area contributed by atoms with Crippen LogP contribution in [-0.4, -0.2) is 19.6 Å². The van der Waals surface area contributed by atoms with Gasteiger partial charge in [0.15, 0.2) is 5.43 Å². The zero-order valence-electron chi connectivity index (χ0n) is 19.3. The largest absolute Gasteiger partial charge is 0.344 e. The Labute approximate surface area is 194 Å². The fourth-order valence-corrected chi connectivity index (χ4v) is 4.90. The summed E-state index contributed by atoms with van der Waals surface area (Å²) >= 11 is 0. The van der Waals surface area contributed by atoms with Gasteiger partial charge in [-0.05, 0) is 56.5 Å². The van der Waals surface area contributed by atoms with Crippen LogP contribution in [-0.2, 0) is 20.8 Å². The monoisotopic (exact) mass is 461 g/mol. The summed E-state index contributed by atoms with van der Waals surface area (Å²) in [6.45, 7) is 8.01. The van der Waals surface area contributed by atoms with Crippen molar-refractivity contribution in [2.24, 2.45) is 0 Å². The molecule has 0 unspecified atom stereocenters. The van der Waals surface area contributed by atoms with Gasteiger partial charge < -0.3 is 4.57 Å². The molecule has 4 rings (SSSR count). The van der Waals surface area contributed by atoms with E-state index < -0.39 is 10.1 Å². The molecule has 0 saturated carbocycles. The second kappa shape index (κ2) is 8.96. The van der Waals surface area contributed by atoms with E-state index in [4.69, 9.17) is 4.18 Å². The van der Waals surface area contributed by atoms with E-state index in [0.29, 0.717) is 10.9 Å². The molecule has 0 N–H and O–H groups in total. The first kappa shape index (κ1) is 23.0. The first-order valence-corrected chi connectivity index (χ1v) is 12.2. The van der Waals surface area contributed by atoms with E-state index in [9.17, 15) is 13.2 Å². The predicted molar refractivity (Wildman–Crippen MR) is 132 cm³/mol. The lowest BCUT2D eigenvalue weighted by atomic mass is 9.99. The second-order valence-electron chi connectivity index (χ2n) is 8.44. The molecule has 0 aliphatic rings. The van der Waals surface area contributed by atoms with E-state index >= 15 is 0 Å². The van der Waals surface area contributed by atoms with Crippen molar-refractivity contribution in [2.75, 3.05) is 6.61 Å². The molecule has 5 nitrogen and oxygen atoms in total. The van der Waals surface area contributed by atoms with Gasteiger partial charge >= 0.3 is 0 Å². The molecule has 3 aromatic carbocycles. The van der Waals surface area contributed by atoms with Crippen molar-refractivity contribution in [3.8, 4) is 11.1 Å². The van der Waals surface area contributed by atoms with Crippen LogP contribution < -0.4 is 5.43 Å². The molecule has 0 radical (unpaired) electrons. The lowest BCUT2D eigenvalue weighted by Gasteiger charge is -2.17. The number of hydrogen-bond acceptors (Lipinski definition) is 4. The molecule has 1 heterocycles. The summed E-state index contributed by atoms with van der Waals surface area (Å²) in [5.41, 5.74) is 6.10. The first-order chi connectivity index (χ1) is 15.7. The zero-order chi connectivity index (χ0) is 23.8. The molecule has 170 valence electrons. The molecule has 0 fully saturated rings. The van der Waals surface area contributed by atoms with Crippen LogP contribution >= 0.6 is 0 Å². The van der Waals surface area contributed by atoms with Crippen molar-refractivity contribution >= 4 is 21.0 Å². The third-order valence-electron chi connectivity index (χ3n) is 5.87. The maximum Gasteiger partial charge on any atom is 0.297 e. The highest BCUT2D eigenvalue weighted by Gasteiger charge is 2.17. The van der Waals surface area contributed by atoms with E-state index in [1.54, 1.807) is 24.3 Å². The van der Waals surface area contributed by atoms with Crippen molar-refractivity contribution in [1.82, 2.24) is 4.57 Å². The Morgan fingerprint density at radius 3 is 2.00 bits per heavy atom. The van der Waals surface area contributed by atoms with Crippen LogP contribution in [0.2, 0.25) is 0 Å². The van der Waals surface area contributed by atoms with Crippen LogP contribution in [0.1, 0.15) is 22.3 Å². The molecular formula is C27H27NO4S. The predicted octanol–water partition coefficient (Wildman–Crippen LogP) is 5.31. The lowest BCUT2D eigenvalue weighted by molar-refractivity contribution is 0.302. The zero-order valence-corrected chi connectivity index (χ0v) is 20.1. The topological polar surface area (TPSA) is 65.4 Å². The van der Waals surface area contributed by atoms with Crippen LogP contribution in [0.4, 0.5) is 0 Å². The summed E-state index contributed by atoms with van der Waals surface area (Å²) < 4.78 is 32.5. The Bertz CT molecular complexity index is 1480. The van der Waals surface area contributed by atoms with Gasteiger partial charge in [-0.1, -0.05) is 59.7 Å². The fourth-order valence-electron chi connectivity index (χ4n) is 4.00. The minimum absolute atomic E-state index is 0.0282. The number of fused-ring (bicyclic) bond motifs is 1. The van der Waals surface area contributed by atoms with Crippen molar-refractivity contribution in [2.45, 2.75) is 39.1 Å². The molecule has 0 atom stereocenters. The molecule has 0 aliphatic carbocycles. The first-order valence-electron chi connectivity index (χ1n) is 10.8. The average molecular weight is 462 g/mol. The number of benzene rings is 3. The smallest absolute Gasteiger partial charge is 0.297 e. The fraction of sp³-hybridized carbons (Fsp3) is 0.222. The lowest BCUT2D eigenvalue weighted by Crippen LogP contribution is -2.17. The standard InChI is InChI=1S/C27H27NO4S/c1-18-5-11-22(12-6-18)24-17-28(26-21(4)10-9-20(3)25(26)27(24)29)15-16-32-33(30,31)23-13-7-19(2)8-14-23/h5-14,17H,15-16H2,1-4H3. The molecule has 1 aromatic heterocycles. The minimum atomic E-state index is -3.87. The van der Waals surface area contributed by atoms with Gasteiger partial charge in [0.25, 0.3) is 10.1 Å². The third kappa shape index (κ3) is 4.63. The number of pyridine rings is 1. The van der Waals surface area contributed by atoms with Gasteiger partial charge in [-0.3, -0.25) is 8.98 Å². The van der Waals surface area contributed by atoms with Gasteiger partial charge in [-0.15, -0.1) is 0 Å². The number of aromatic nitrogens is 1. The van der Waals surface area contributed by atoms with Crippen molar-refractivity contribution in [3.05, 3.63) is 99.3 Å². The molecule has 4 aromatic rings. The number of nitrogens with zero attached hydrogens (tertiary/aromatic N) is 1. The quantitative estimate of drug-likeness (QED) is 0.365. The highest BCUT2D eigenvalue weighted by atomic mass is 32.2. The van der Waals surface area contributed by atoms with Crippen LogP contribution in [0.5, 0.6) is 0 Å². The normalized spacial score (nSPS) is 11.8. The van der Waals surface area contributed by atoms with Crippen LogP contribution in [0.25, 0.3) is 22.0 Å². The molecule has 6 heteroatoms. The highest BCUT2D eigenvalue weighted by Crippen LogP contribution is 2.25. The van der Waals surface area contributed by atoms with Gasteiger partial charge in [-0.25, -0.2) is 0 Å². The van der Waals surface area contributed by atoms with E-state index in [2.05, 4.69) is 0 Å². The number of hydrogen-bond donors (Lipinski definition) is 0. The van der Waals surface area contributed by atoms with E-state index in [-0.39, 0.29) is 23.5 Å². The summed E-state index contributed by atoms with van der Waals surface area (Å²) in [6.07, 6.45) is 1.81. The van der Waals surface area contributed by atoms with Crippen molar-refractivity contribution in [3.63, 3.8) is 0 Å². The molecule has 0 aliphatic heterocycles.